The van der Waals surface area contributed by atoms with Gasteiger partial charge in [0.25, 0.3) is 5.88 Å². The summed E-state index contributed by atoms with van der Waals surface area (Å²) in [6.07, 6.45) is -0.812. The van der Waals surface area contributed by atoms with E-state index in [0.29, 0.717) is 11.6 Å². The minimum absolute atomic E-state index is 0.0817. The molecule has 4 nitrogen and oxygen atoms in total. The molecular weight excluding hydrogens is 170 g/mol. The zero-order chi connectivity index (χ0) is 8.27. The van der Waals surface area contributed by atoms with Crippen LogP contribution in [-0.4, -0.2) is 23.3 Å². The minimum Gasteiger partial charge on any atom is -0.479 e. The number of aliphatic hydroxyl groups excluding tert-OH is 1. The predicted octanol–water partition coefficient (Wildman–Crippen LogP) is 0.955. The van der Waals surface area contributed by atoms with Crippen molar-refractivity contribution >= 4 is 11.6 Å². The smallest absolute Gasteiger partial charge is 0.254 e. The summed E-state index contributed by atoms with van der Waals surface area (Å²) in [6, 6.07) is 1.49. The lowest BCUT2D eigenvalue weighted by molar-refractivity contribution is 0.160. The summed E-state index contributed by atoms with van der Waals surface area (Å²) in [4.78, 5) is 0. The lowest BCUT2D eigenvalue weighted by atomic mass is 10.3. The van der Waals surface area contributed by atoms with Gasteiger partial charge < -0.3 is 14.4 Å². The number of aromatic nitrogens is 1. The lowest BCUT2D eigenvalue weighted by Gasteiger charge is -1.97. The molecule has 0 aromatic carbocycles. The highest BCUT2D eigenvalue weighted by Crippen LogP contribution is 2.18. The van der Waals surface area contributed by atoms with Crippen molar-refractivity contribution in [2.24, 2.45) is 0 Å². The Morgan fingerprint density at radius 3 is 3.09 bits per heavy atom. The molecule has 0 aliphatic heterocycles. The summed E-state index contributed by atoms with van der Waals surface area (Å²) in [6.45, 7) is 0. The van der Waals surface area contributed by atoms with Gasteiger partial charge in [0.15, 0.2) is 5.76 Å². The van der Waals surface area contributed by atoms with Gasteiger partial charge in [-0.15, -0.1) is 11.6 Å². The quantitative estimate of drug-likeness (QED) is 0.699. The van der Waals surface area contributed by atoms with Gasteiger partial charge in [-0.25, -0.2) is 0 Å². The molecule has 1 unspecified atom stereocenters. The standard InChI is InChI=1S/C6H8ClNO3/c1-10-6-2-5(11-8-6)4(9)3-7/h2,4,9H,3H2,1H3. The van der Waals surface area contributed by atoms with Crippen LogP contribution in [0, 0.1) is 0 Å². The predicted molar refractivity (Wildman–Crippen MR) is 38.7 cm³/mol. The molecule has 1 heterocycles. The molecule has 5 heteroatoms. The Bertz CT molecular complexity index is 225. The molecule has 0 spiro atoms. The number of aliphatic hydroxyl groups is 1. The number of alkyl halides is 1. The summed E-state index contributed by atoms with van der Waals surface area (Å²) >= 11 is 5.36. The van der Waals surface area contributed by atoms with E-state index in [1.165, 1.54) is 13.2 Å². The molecule has 1 N–H and O–H groups in total. The van der Waals surface area contributed by atoms with Gasteiger partial charge in [-0.05, 0) is 5.16 Å². The van der Waals surface area contributed by atoms with Crippen LogP contribution in [-0.2, 0) is 0 Å². The highest BCUT2D eigenvalue weighted by molar-refractivity contribution is 6.18. The average Bonchev–Trinajstić information content (AvgIpc) is 2.50. The van der Waals surface area contributed by atoms with E-state index >= 15 is 0 Å². The van der Waals surface area contributed by atoms with Crippen molar-refractivity contribution in [1.82, 2.24) is 5.16 Å². The number of hydrogen-bond acceptors (Lipinski definition) is 4. The number of halogens is 1. The Kier molecular flexibility index (Phi) is 2.73. The van der Waals surface area contributed by atoms with Crippen LogP contribution in [0.25, 0.3) is 0 Å². The van der Waals surface area contributed by atoms with Gasteiger partial charge in [-0.3, -0.25) is 0 Å². The summed E-state index contributed by atoms with van der Waals surface area (Å²) in [7, 11) is 1.47. The summed E-state index contributed by atoms with van der Waals surface area (Å²) in [5, 5.41) is 12.6. The van der Waals surface area contributed by atoms with Crippen molar-refractivity contribution in [2.75, 3.05) is 13.0 Å². The number of hydrogen-bond donors (Lipinski definition) is 1. The van der Waals surface area contributed by atoms with Crippen molar-refractivity contribution in [3.8, 4) is 5.88 Å². The second-order valence-corrected chi connectivity index (χ2v) is 2.25. The maximum Gasteiger partial charge on any atom is 0.254 e. The first-order valence-corrected chi connectivity index (χ1v) is 3.56. The third-order valence-corrected chi connectivity index (χ3v) is 1.48. The Hall–Kier alpha value is -0.740. The van der Waals surface area contributed by atoms with E-state index in [9.17, 15) is 0 Å². The van der Waals surface area contributed by atoms with Crippen LogP contribution in [0.15, 0.2) is 10.6 Å². The Labute approximate surface area is 68.7 Å². The third-order valence-electron chi connectivity index (χ3n) is 1.19. The largest absolute Gasteiger partial charge is 0.479 e. The van der Waals surface area contributed by atoms with Crippen LogP contribution in [0.5, 0.6) is 5.88 Å². The fraction of sp³-hybridized carbons (Fsp3) is 0.500. The zero-order valence-electron chi connectivity index (χ0n) is 5.95. The molecule has 1 aromatic heterocycles. The minimum atomic E-state index is -0.812. The van der Waals surface area contributed by atoms with Crippen LogP contribution in [0.2, 0.25) is 0 Å². The fourth-order valence-corrected chi connectivity index (χ4v) is 0.753. The lowest BCUT2D eigenvalue weighted by Crippen LogP contribution is -1.95. The number of nitrogens with zero attached hydrogens (tertiary/aromatic N) is 1. The molecule has 0 aliphatic carbocycles. The van der Waals surface area contributed by atoms with Crippen molar-refractivity contribution in [3.05, 3.63) is 11.8 Å². The van der Waals surface area contributed by atoms with E-state index in [1.54, 1.807) is 0 Å². The van der Waals surface area contributed by atoms with E-state index < -0.39 is 6.10 Å². The van der Waals surface area contributed by atoms with Crippen LogP contribution in [0.1, 0.15) is 11.9 Å². The van der Waals surface area contributed by atoms with E-state index in [2.05, 4.69) is 5.16 Å². The van der Waals surface area contributed by atoms with Gasteiger partial charge in [0.05, 0.1) is 13.0 Å². The first-order chi connectivity index (χ1) is 5.27. The van der Waals surface area contributed by atoms with Gasteiger partial charge in [-0.2, -0.15) is 0 Å². The summed E-state index contributed by atoms with van der Waals surface area (Å²) in [5.41, 5.74) is 0. The Morgan fingerprint density at radius 1 is 1.91 bits per heavy atom. The summed E-state index contributed by atoms with van der Waals surface area (Å²) in [5.74, 6) is 0.735. The van der Waals surface area contributed by atoms with E-state index in [0.717, 1.165) is 0 Å². The van der Waals surface area contributed by atoms with Crippen LogP contribution < -0.4 is 4.74 Å². The Morgan fingerprint density at radius 2 is 2.64 bits per heavy atom. The molecule has 0 amide bonds. The third kappa shape index (κ3) is 1.85. The van der Waals surface area contributed by atoms with E-state index in [4.69, 9.17) is 26.0 Å². The van der Waals surface area contributed by atoms with Crippen molar-refractivity contribution < 1.29 is 14.4 Å². The molecule has 0 aliphatic rings. The van der Waals surface area contributed by atoms with Crippen LogP contribution >= 0.6 is 11.6 Å². The maximum atomic E-state index is 9.12. The van der Waals surface area contributed by atoms with Crippen molar-refractivity contribution in [2.45, 2.75) is 6.10 Å². The molecule has 0 saturated carbocycles. The molecule has 11 heavy (non-hydrogen) atoms. The molecule has 1 atom stereocenters. The number of rotatable bonds is 3. The molecule has 1 rings (SSSR count). The first kappa shape index (κ1) is 8.36. The highest BCUT2D eigenvalue weighted by Gasteiger charge is 2.12. The van der Waals surface area contributed by atoms with Crippen LogP contribution in [0.3, 0.4) is 0 Å². The van der Waals surface area contributed by atoms with Crippen molar-refractivity contribution in [1.29, 1.82) is 0 Å². The van der Waals surface area contributed by atoms with Gasteiger partial charge in [-0.1, -0.05) is 0 Å². The second-order valence-electron chi connectivity index (χ2n) is 1.94. The molecule has 0 saturated heterocycles. The van der Waals surface area contributed by atoms with E-state index in [-0.39, 0.29) is 5.88 Å². The SMILES string of the molecule is COc1cc(C(O)CCl)on1. The molecule has 1 aromatic rings. The summed E-state index contributed by atoms with van der Waals surface area (Å²) < 4.78 is 9.43. The zero-order valence-corrected chi connectivity index (χ0v) is 6.71. The fourth-order valence-electron chi connectivity index (χ4n) is 0.601. The van der Waals surface area contributed by atoms with Crippen LogP contribution in [0.4, 0.5) is 0 Å². The maximum absolute atomic E-state index is 9.12. The molecule has 0 fully saturated rings. The normalized spacial score (nSPS) is 13.0. The topological polar surface area (TPSA) is 55.5 Å². The van der Waals surface area contributed by atoms with E-state index in [1.807, 2.05) is 0 Å². The average molecular weight is 178 g/mol. The molecular formula is C6H8ClNO3. The van der Waals surface area contributed by atoms with Gasteiger partial charge in [0.2, 0.25) is 0 Å². The molecule has 0 bridgehead atoms. The molecule has 62 valence electrons. The van der Waals surface area contributed by atoms with Gasteiger partial charge in [0, 0.05) is 6.07 Å². The Balaban J connectivity index is 2.71. The first-order valence-electron chi connectivity index (χ1n) is 3.02. The monoisotopic (exact) mass is 177 g/mol. The second kappa shape index (κ2) is 3.59. The van der Waals surface area contributed by atoms with Crippen molar-refractivity contribution in [3.63, 3.8) is 0 Å². The highest BCUT2D eigenvalue weighted by atomic mass is 35.5. The van der Waals surface area contributed by atoms with Gasteiger partial charge >= 0.3 is 0 Å². The number of ether oxygens (including phenoxy) is 1. The number of methoxy groups -OCH3 is 1. The molecule has 0 radical (unpaired) electrons. The van der Waals surface area contributed by atoms with Gasteiger partial charge in [0.1, 0.15) is 6.10 Å².